The number of hydrogen-bond acceptors (Lipinski definition) is 5. The fourth-order valence-corrected chi connectivity index (χ4v) is 2.23. The third-order valence-corrected chi connectivity index (χ3v) is 3.63. The van der Waals surface area contributed by atoms with Crippen molar-refractivity contribution in [3.05, 3.63) is 47.5 Å². The van der Waals surface area contributed by atoms with E-state index >= 15 is 0 Å². The topological polar surface area (TPSA) is 98.3 Å². The van der Waals surface area contributed by atoms with E-state index in [1.807, 2.05) is 18.2 Å². The lowest BCUT2D eigenvalue weighted by atomic mass is 10.2. The second-order valence-corrected chi connectivity index (χ2v) is 5.24. The summed E-state index contributed by atoms with van der Waals surface area (Å²) >= 11 is 0. The van der Waals surface area contributed by atoms with Crippen LogP contribution < -0.4 is 25.3 Å². The van der Waals surface area contributed by atoms with E-state index in [0.29, 0.717) is 35.9 Å². The number of nitrogens with two attached hydrogens (primary N) is 1. The van der Waals surface area contributed by atoms with Crippen molar-refractivity contribution in [2.24, 2.45) is 10.7 Å². The summed E-state index contributed by atoms with van der Waals surface area (Å²) in [6.45, 7) is 0.730. The Morgan fingerprint density at radius 2 is 1.77 bits per heavy atom. The average molecular weight is 473 g/mol. The number of nitrogens with one attached hydrogen (secondary N) is 1. The van der Waals surface area contributed by atoms with Crippen molar-refractivity contribution in [2.45, 2.75) is 13.1 Å². The normalized spacial score (nSPS) is 10.7. The molecule has 0 aliphatic carbocycles. The molecule has 26 heavy (non-hydrogen) atoms. The van der Waals surface area contributed by atoms with Crippen LogP contribution in [0.15, 0.2) is 41.4 Å². The molecule has 0 aliphatic heterocycles. The molecule has 0 amide bonds. The van der Waals surface area contributed by atoms with Gasteiger partial charge in [-0.05, 0) is 35.9 Å². The van der Waals surface area contributed by atoms with E-state index in [0.717, 1.165) is 5.56 Å². The Morgan fingerprint density at radius 3 is 2.42 bits per heavy atom. The van der Waals surface area contributed by atoms with Crippen LogP contribution in [-0.4, -0.2) is 32.4 Å². The molecule has 0 bridgehead atoms. The highest BCUT2D eigenvalue weighted by molar-refractivity contribution is 14.0. The smallest absolute Gasteiger partial charge is 0.189 e. The number of halogens is 1. The van der Waals surface area contributed by atoms with Gasteiger partial charge in [0.2, 0.25) is 0 Å². The molecule has 4 N–H and O–H groups in total. The molecular formula is C18H24IN3O4. The van der Waals surface area contributed by atoms with Crippen molar-refractivity contribution >= 4 is 29.9 Å². The van der Waals surface area contributed by atoms with E-state index in [9.17, 15) is 5.11 Å². The minimum Gasteiger partial charge on any atom is -0.508 e. The molecule has 0 saturated carbocycles. The number of phenols is 1. The largest absolute Gasteiger partial charge is 0.508 e. The molecule has 8 heteroatoms. The van der Waals surface area contributed by atoms with Crippen molar-refractivity contribution < 1.29 is 19.3 Å². The molecule has 0 aromatic heterocycles. The van der Waals surface area contributed by atoms with Crippen LogP contribution in [0.2, 0.25) is 0 Å². The highest BCUT2D eigenvalue weighted by atomic mass is 127. The molecule has 0 aliphatic rings. The first-order valence-corrected chi connectivity index (χ1v) is 7.68. The zero-order valence-electron chi connectivity index (χ0n) is 15.0. The molecule has 0 saturated heterocycles. The molecule has 0 atom stereocenters. The Bertz CT molecular complexity index is 753. The summed E-state index contributed by atoms with van der Waals surface area (Å²) < 4.78 is 15.6. The maximum Gasteiger partial charge on any atom is 0.189 e. The number of ether oxygens (including phenoxy) is 3. The molecule has 2 aromatic rings. The van der Waals surface area contributed by atoms with Gasteiger partial charge in [0.05, 0.1) is 27.9 Å². The maximum atomic E-state index is 9.86. The third kappa shape index (κ3) is 5.87. The summed E-state index contributed by atoms with van der Waals surface area (Å²) in [5.74, 6) is 2.41. The number of methoxy groups -OCH3 is 3. The van der Waals surface area contributed by atoms with E-state index in [1.54, 1.807) is 39.5 Å². The summed E-state index contributed by atoms with van der Waals surface area (Å²) in [5, 5.41) is 12.8. The van der Waals surface area contributed by atoms with Gasteiger partial charge in [0.25, 0.3) is 0 Å². The van der Waals surface area contributed by atoms with Crippen LogP contribution in [0.5, 0.6) is 23.0 Å². The minimum absolute atomic E-state index is 0. The number of hydrogen-bond donors (Lipinski definition) is 3. The van der Waals surface area contributed by atoms with E-state index in [1.165, 1.54) is 0 Å². The fraction of sp³-hybridized carbons (Fsp3) is 0.278. The van der Waals surface area contributed by atoms with Crippen LogP contribution in [0.4, 0.5) is 0 Å². The number of rotatable bonds is 7. The van der Waals surface area contributed by atoms with Gasteiger partial charge < -0.3 is 30.4 Å². The number of aromatic hydroxyl groups is 1. The summed E-state index contributed by atoms with van der Waals surface area (Å²) in [4.78, 5) is 4.29. The second-order valence-electron chi connectivity index (χ2n) is 5.24. The van der Waals surface area contributed by atoms with E-state index in [-0.39, 0.29) is 35.7 Å². The highest BCUT2D eigenvalue weighted by Crippen LogP contribution is 2.27. The van der Waals surface area contributed by atoms with Gasteiger partial charge in [-0.25, -0.2) is 4.99 Å². The molecule has 2 aromatic carbocycles. The highest BCUT2D eigenvalue weighted by Gasteiger charge is 2.05. The van der Waals surface area contributed by atoms with Gasteiger partial charge >= 0.3 is 0 Å². The zero-order valence-corrected chi connectivity index (χ0v) is 17.3. The Morgan fingerprint density at radius 1 is 1.04 bits per heavy atom. The van der Waals surface area contributed by atoms with Crippen LogP contribution in [0.25, 0.3) is 0 Å². The molecule has 0 fully saturated rings. The lowest BCUT2D eigenvalue weighted by Crippen LogP contribution is -2.31. The molecule has 0 unspecified atom stereocenters. The molecule has 2 rings (SSSR count). The Labute approximate surface area is 170 Å². The molecule has 7 nitrogen and oxygen atoms in total. The number of benzene rings is 2. The van der Waals surface area contributed by atoms with Crippen LogP contribution in [0.1, 0.15) is 11.1 Å². The van der Waals surface area contributed by atoms with Crippen LogP contribution in [0, 0.1) is 0 Å². The van der Waals surface area contributed by atoms with Crippen LogP contribution >= 0.6 is 24.0 Å². The quantitative estimate of drug-likeness (QED) is 0.325. The Balaban J connectivity index is 0.00000338. The van der Waals surface area contributed by atoms with Gasteiger partial charge in [0.15, 0.2) is 17.5 Å². The van der Waals surface area contributed by atoms with Gasteiger partial charge in [-0.1, -0.05) is 6.07 Å². The van der Waals surface area contributed by atoms with Crippen molar-refractivity contribution in [3.63, 3.8) is 0 Å². The van der Waals surface area contributed by atoms with E-state index < -0.39 is 0 Å². The standard InChI is InChI=1S/C18H23N3O4.HI/c1-23-14-5-6-15(22)13(9-14)11-21-18(19)20-10-12-4-7-16(24-2)17(8-12)25-3;/h4-9,22H,10-11H2,1-3H3,(H3,19,20,21);1H. The zero-order chi connectivity index (χ0) is 18.2. The monoisotopic (exact) mass is 473 g/mol. The molecule has 0 spiro atoms. The first kappa shape index (κ1) is 21.7. The SMILES string of the molecule is COc1ccc(O)c(CNC(N)=NCc2ccc(OC)c(OC)c2)c1.I. The van der Waals surface area contributed by atoms with Crippen LogP contribution in [0.3, 0.4) is 0 Å². The van der Waals surface area contributed by atoms with Gasteiger partial charge in [-0.15, -0.1) is 24.0 Å². The Kier molecular flexibility index (Phi) is 8.83. The number of nitrogens with zero attached hydrogens (tertiary/aromatic N) is 1. The lowest BCUT2D eigenvalue weighted by Gasteiger charge is -2.10. The maximum absolute atomic E-state index is 9.86. The molecule has 142 valence electrons. The fourth-order valence-electron chi connectivity index (χ4n) is 2.23. The molecule has 0 heterocycles. The average Bonchev–Trinajstić information content (AvgIpc) is 2.65. The summed E-state index contributed by atoms with van der Waals surface area (Å²) in [6, 6.07) is 10.6. The lowest BCUT2D eigenvalue weighted by molar-refractivity contribution is 0.354. The second kappa shape index (κ2) is 10.6. The van der Waals surface area contributed by atoms with Crippen molar-refractivity contribution in [1.29, 1.82) is 0 Å². The van der Waals surface area contributed by atoms with Crippen molar-refractivity contribution in [1.82, 2.24) is 5.32 Å². The van der Waals surface area contributed by atoms with Crippen molar-refractivity contribution in [2.75, 3.05) is 21.3 Å². The van der Waals surface area contributed by atoms with E-state index in [4.69, 9.17) is 19.9 Å². The third-order valence-electron chi connectivity index (χ3n) is 3.63. The van der Waals surface area contributed by atoms with Crippen LogP contribution in [-0.2, 0) is 13.1 Å². The van der Waals surface area contributed by atoms with E-state index in [2.05, 4.69) is 10.3 Å². The van der Waals surface area contributed by atoms with Gasteiger partial charge in [0.1, 0.15) is 11.5 Å². The minimum atomic E-state index is 0. The summed E-state index contributed by atoms with van der Waals surface area (Å²) in [7, 11) is 4.75. The number of guanidine groups is 1. The summed E-state index contributed by atoms with van der Waals surface area (Å²) in [6.07, 6.45) is 0. The summed E-state index contributed by atoms with van der Waals surface area (Å²) in [5.41, 5.74) is 7.49. The van der Waals surface area contributed by atoms with Gasteiger partial charge in [-0.3, -0.25) is 0 Å². The predicted molar refractivity (Wildman–Crippen MR) is 112 cm³/mol. The molecule has 0 radical (unpaired) electrons. The van der Waals surface area contributed by atoms with Crippen molar-refractivity contribution in [3.8, 4) is 23.0 Å². The first-order valence-electron chi connectivity index (χ1n) is 7.68. The first-order chi connectivity index (χ1) is 12.1. The van der Waals surface area contributed by atoms with Gasteiger partial charge in [0, 0.05) is 12.1 Å². The number of phenolic OH excluding ortho intramolecular Hbond substituents is 1. The predicted octanol–water partition coefficient (Wildman–Crippen LogP) is 2.64. The number of aliphatic imine (C=N–C) groups is 1. The Hall–Kier alpha value is -2.36. The molecular weight excluding hydrogens is 449 g/mol. The van der Waals surface area contributed by atoms with Gasteiger partial charge in [-0.2, -0.15) is 0 Å².